The normalized spacial score (nSPS) is 26.3. The third kappa shape index (κ3) is 19.5. The molecule has 0 spiro atoms. The summed E-state index contributed by atoms with van der Waals surface area (Å²) in [5.74, 6) is -6.62. The zero-order valence-electron chi connectivity index (χ0n) is 41.4. The van der Waals surface area contributed by atoms with E-state index in [1.54, 1.807) is 0 Å². The molecule has 2 unspecified atom stereocenters. The van der Waals surface area contributed by atoms with Gasteiger partial charge in [0, 0.05) is 25.6 Å². The number of hydrogen-bond donors (Lipinski definition) is 15. The monoisotopic (exact) mass is 1130 g/mol. The number of carbonyl (C=O) groups excluding carboxylic acids is 7. The van der Waals surface area contributed by atoms with Gasteiger partial charge in [0.1, 0.15) is 79.2 Å². The molecule has 34 nitrogen and oxygen atoms in total. The Morgan fingerprint density at radius 2 is 1.45 bits per heavy atom. The Bertz CT molecular complexity index is 2430. The van der Waals surface area contributed by atoms with Gasteiger partial charge in [-0.05, 0) is 59.9 Å². The smallest absolute Gasteiger partial charge is 0.480 e. The Balaban J connectivity index is 1.62. The summed E-state index contributed by atoms with van der Waals surface area (Å²) < 4.78 is 57.1. The molecule has 1 aromatic heterocycles. The van der Waals surface area contributed by atoms with E-state index in [1.165, 1.54) is 20.8 Å². The third-order valence-corrected chi connectivity index (χ3v) is 13.9. The van der Waals surface area contributed by atoms with Gasteiger partial charge in [0.2, 0.25) is 35.4 Å². The zero-order chi connectivity index (χ0) is 57.4. The average Bonchev–Trinajstić information content (AvgIpc) is 3.61. The second kappa shape index (κ2) is 29.4. The fourth-order valence-electron chi connectivity index (χ4n) is 7.17. The Morgan fingerprint density at radius 1 is 0.829 bits per heavy atom. The molecule has 2 saturated heterocycles. The number of ether oxygens (including phenoxy) is 3. The summed E-state index contributed by atoms with van der Waals surface area (Å²) in [5, 5.41) is 64.9. The lowest BCUT2D eigenvalue weighted by atomic mass is 9.96. The number of hydrogen-bond acceptors (Lipinski definition) is 23. The van der Waals surface area contributed by atoms with E-state index in [2.05, 4.69) is 40.7 Å². The Hall–Kier alpha value is -5.42. The van der Waals surface area contributed by atoms with E-state index in [0.29, 0.717) is 23.7 Å². The highest BCUT2D eigenvalue weighted by Crippen LogP contribution is 2.61. The number of aromatic nitrogens is 2. The van der Waals surface area contributed by atoms with Crippen LogP contribution in [0.3, 0.4) is 0 Å². The summed E-state index contributed by atoms with van der Waals surface area (Å²) in [6.07, 6.45) is -15.4. The number of nitrogens with two attached hydrogens (primary N) is 1. The molecular formula is C40H65N9O25P2. The molecule has 36 heteroatoms. The summed E-state index contributed by atoms with van der Waals surface area (Å²) in [7, 11) is -11.7. The number of aromatic amines is 1. The number of carboxylic acids is 1. The molecule has 2 aliphatic rings. The number of unbranched alkanes of at least 4 members (excludes halogenated alkanes) is 1. The van der Waals surface area contributed by atoms with Crippen molar-refractivity contribution in [3.63, 3.8) is 0 Å². The van der Waals surface area contributed by atoms with Gasteiger partial charge in [0.05, 0.1) is 19.3 Å². The number of aliphatic carboxylic acids is 1. The van der Waals surface area contributed by atoms with E-state index in [9.17, 15) is 87.3 Å². The number of rotatable bonds is 30. The largest absolute Gasteiger partial charge is 0.483 e. The van der Waals surface area contributed by atoms with Crippen LogP contribution < -0.4 is 48.9 Å². The highest BCUT2D eigenvalue weighted by Gasteiger charge is 2.52. The number of carbonyl (C=O) groups is 8. The van der Waals surface area contributed by atoms with Crippen molar-refractivity contribution in [3.05, 3.63) is 33.1 Å². The number of phosphoric acid groups is 2. The summed E-state index contributed by atoms with van der Waals surface area (Å²) in [4.78, 5) is 147. The molecule has 0 aromatic carbocycles. The molecule has 0 aliphatic carbocycles. The van der Waals surface area contributed by atoms with Crippen LogP contribution in [-0.2, 0) is 75.1 Å². The maximum atomic E-state index is 13.3. The highest BCUT2D eigenvalue weighted by atomic mass is 31.3. The molecule has 17 atom stereocenters. The number of amides is 6. The van der Waals surface area contributed by atoms with Crippen LogP contribution in [0.5, 0.6) is 0 Å². The van der Waals surface area contributed by atoms with Crippen LogP contribution in [0, 0.1) is 0 Å². The van der Waals surface area contributed by atoms with Crippen molar-refractivity contribution in [2.75, 3.05) is 19.8 Å². The molecule has 2 fully saturated rings. The van der Waals surface area contributed by atoms with E-state index in [4.69, 9.17) is 29.6 Å². The number of phosphoric ester groups is 2. The van der Waals surface area contributed by atoms with Crippen molar-refractivity contribution in [3.8, 4) is 0 Å². The van der Waals surface area contributed by atoms with Crippen molar-refractivity contribution in [1.29, 1.82) is 0 Å². The fraction of sp³-hybridized carbons (Fsp3) is 0.700. The second-order valence-electron chi connectivity index (χ2n) is 17.4. The van der Waals surface area contributed by atoms with Crippen LogP contribution in [0.1, 0.15) is 73.0 Å². The summed E-state index contributed by atoms with van der Waals surface area (Å²) in [5.41, 5.74) is 3.68. The molecule has 0 radical (unpaired) electrons. The molecular weight excluding hydrogens is 1070 g/mol. The van der Waals surface area contributed by atoms with Gasteiger partial charge >= 0.3 is 27.3 Å². The van der Waals surface area contributed by atoms with Gasteiger partial charge in [-0.3, -0.25) is 57.0 Å². The van der Waals surface area contributed by atoms with E-state index in [0.717, 1.165) is 26.1 Å². The van der Waals surface area contributed by atoms with Crippen LogP contribution >= 0.6 is 15.6 Å². The van der Waals surface area contributed by atoms with E-state index < -0.39 is 179 Å². The predicted octanol–water partition coefficient (Wildman–Crippen LogP) is -6.56. The lowest BCUT2D eigenvalue weighted by molar-refractivity contribution is -0.261. The summed E-state index contributed by atoms with van der Waals surface area (Å²) in [6, 6.07) is -7.42. The average molecular weight is 1130 g/mol. The van der Waals surface area contributed by atoms with Crippen molar-refractivity contribution in [2.45, 2.75) is 158 Å². The summed E-state index contributed by atoms with van der Waals surface area (Å²) in [6.45, 7) is 3.76. The van der Waals surface area contributed by atoms with Gasteiger partial charge in [-0.1, -0.05) is 0 Å². The maximum Gasteiger partial charge on any atom is 0.483 e. The molecule has 3 rings (SSSR count). The van der Waals surface area contributed by atoms with Crippen LogP contribution in [0.4, 0.5) is 0 Å². The van der Waals surface area contributed by atoms with Gasteiger partial charge in [-0.2, -0.15) is 4.31 Å². The molecule has 2 aliphatic heterocycles. The van der Waals surface area contributed by atoms with Gasteiger partial charge in [0.15, 0.2) is 12.5 Å². The SMILES string of the molecule is CC(=O)N[C@H]1[C@@H](OP(=O)(O)OP(=O)(O)OC[C@H]2O[C@@H](n3ccc(=O)[nH]c3=O)[C@H](O)[C@@H]2O)O[C@H](CO)[C@@H](O)[C@@H]1O[C@H](C)C(=O)N[C@@H](C)C(=O)N[C@@H](C=O)CCC(=O)N[C@@H](CCCCN)C(=O)N[C@H](C)C(=O)N[C@H](C)C(=O)O. The Morgan fingerprint density at radius 3 is 2.03 bits per heavy atom. The predicted molar refractivity (Wildman–Crippen MR) is 251 cm³/mol. The van der Waals surface area contributed by atoms with Gasteiger partial charge in [0.25, 0.3) is 5.56 Å². The molecule has 0 saturated carbocycles. The quantitative estimate of drug-likeness (QED) is 0.0193. The zero-order valence-corrected chi connectivity index (χ0v) is 43.2. The molecule has 76 heavy (non-hydrogen) atoms. The summed E-state index contributed by atoms with van der Waals surface area (Å²) >= 11 is 0. The fourth-order valence-corrected chi connectivity index (χ4v) is 9.34. The van der Waals surface area contributed by atoms with Crippen LogP contribution in [0.15, 0.2) is 21.9 Å². The Kier molecular flexibility index (Phi) is 25.1. The number of aliphatic hydroxyl groups is 4. The number of aliphatic hydroxyl groups excluding tert-OH is 4. The van der Waals surface area contributed by atoms with Gasteiger partial charge in [-0.25, -0.2) is 13.9 Å². The standard InChI is InChI=1S/C40H65N9O25P2/c1-17(33(58)44-19(3)38(62)63)43-36(61)23(8-6-7-12-41)47-26(53)10-9-22(14-50)46-34(59)18(2)42-35(60)20(4)70-32-28(45-21(5)52)39(72-24(15-51)30(32)56)73-76(67,68)74-75(65,66)69-16-25-29(55)31(57)37(71-25)49-13-11-27(54)48-40(49)64/h11,13-14,17-20,22-25,28-32,37,39,51,55-57H,6-10,12,15-16,41H2,1-5H3,(H,42,60)(H,43,61)(H,44,58)(H,45,52)(H,46,59)(H,47,53)(H,62,63)(H,65,66)(H,67,68)(H,48,54,64)/t17-,18+,19-,20-,22-,23+,24-,25-,28-,29-,30-,31-,32-,37-,39-/m1/s1. The number of H-pyrrole nitrogens is 1. The first kappa shape index (κ1) is 64.9. The third-order valence-electron chi connectivity index (χ3n) is 11.3. The van der Waals surface area contributed by atoms with Crippen molar-refractivity contribution < 1.29 is 110 Å². The molecule has 3 heterocycles. The minimum atomic E-state index is -5.93. The first-order valence-corrected chi connectivity index (χ1v) is 26.2. The number of nitrogens with one attached hydrogen (secondary N) is 7. The highest BCUT2D eigenvalue weighted by molar-refractivity contribution is 7.61. The van der Waals surface area contributed by atoms with Gasteiger partial charge in [-0.15, -0.1) is 0 Å². The first-order valence-electron chi connectivity index (χ1n) is 23.2. The number of aldehydes is 1. The number of nitrogens with zero attached hydrogens (tertiary/aromatic N) is 1. The lowest BCUT2D eigenvalue weighted by Gasteiger charge is -2.44. The van der Waals surface area contributed by atoms with Crippen LogP contribution in [0.2, 0.25) is 0 Å². The first-order chi connectivity index (χ1) is 35.4. The molecule has 16 N–H and O–H groups in total. The van der Waals surface area contributed by atoms with E-state index in [1.807, 2.05) is 4.98 Å². The number of carboxylic acid groups (broad SMARTS) is 1. The topological polar surface area (TPSA) is 521 Å². The lowest BCUT2D eigenvalue weighted by Crippen LogP contribution is -2.66. The van der Waals surface area contributed by atoms with Gasteiger partial charge < -0.3 is 92.0 Å². The molecule has 1 aromatic rings. The van der Waals surface area contributed by atoms with Crippen LogP contribution in [-0.4, -0.2) is 198 Å². The molecule has 430 valence electrons. The minimum absolute atomic E-state index is 0.0842. The van der Waals surface area contributed by atoms with Crippen molar-refractivity contribution in [2.24, 2.45) is 5.73 Å². The maximum absolute atomic E-state index is 13.3. The molecule has 0 bridgehead atoms. The minimum Gasteiger partial charge on any atom is -0.480 e. The second-order valence-corrected chi connectivity index (χ2v) is 20.4. The van der Waals surface area contributed by atoms with Crippen molar-refractivity contribution in [1.82, 2.24) is 41.5 Å². The Labute approximate surface area is 431 Å². The van der Waals surface area contributed by atoms with E-state index in [-0.39, 0.29) is 19.4 Å². The van der Waals surface area contributed by atoms with Crippen molar-refractivity contribution >= 4 is 63.3 Å². The molecule has 6 amide bonds. The van der Waals surface area contributed by atoms with E-state index >= 15 is 0 Å². The van der Waals surface area contributed by atoms with Crippen LogP contribution in [0.25, 0.3) is 0 Å².